The van der Waals surface area contributed by atoms with Crippen LogP contribution in [0.25, 0.3) is 0 Å². The quantitative estimate of drug-likeness (QED) is 0.132. The Balaban J connectivity index is 0.00000261. The number of thioether (sulfide) groups is 1. The van der Waals surface area contributed by atoms with Crippen molar-refractivity contribution in [1.29, 1.82) is 0 Å². The van der Waals surface area contributed by atoms with Crippen LogP contribution in [-0.2, 0) is 0 Å². The molecule has 3 rings (SSSR count). The summed E-state index contributed by atoms with van der Waals surface area (Å²) in [5.74, 6) is 2.22. The normalized spacial score (nSPS) is 20.1. The molecule has 7 heteroatoms. The van der Waals surface area contributed by atoms with E-state index in [1.807, 2.05) is 18.8 Å². The van der Waals surface area contributed by atoms with Crippen LogP contribution in [0.3, 0.4) is 0 Å². The third-order valence-corrected chi connectivity index (χ3v) is 7.10. The van der Waals surface area contributed by atoms with Gasteiger partial charge in [-0.05, 0) is 53.1 Å². The number of nitrogens with one attached hydrogen (secondary N) is 1. The molecule has 0 amide bonds. The summed E-state index contributed by atoms with van der Waals surface area (Å²) in [6.07, 6.45) is 8.18. The van der Waals surface area contributed by atoms with Crippen LogP contribution in [0.5, 0.6) is 0 Å². The van der Waals surface area contributed by atoms with Gasteiger partial charge in [0.1, 0.15) is 0 Å². The van der Waals surface area contributed by atoms with E-state index in [1.165, 1.54) is 28.6 Å². The molecule has 2 aliphatic rings. The molecule has 2 aliphatic heterocycles. The molecule has 0 radical (unpaired) electrons. The third kappa shape index (κ3) is 6.94. The summed E-state index contributed by atoms with van der Waals surface area (Å²) in [6.45, 7) is 5.42. The Morgan fingerprint density at radius 2 is 2.04 bits per heavy atom. The van der Waals surface area contributed by atoms with Crippen molar-refractivity contribution < 1.29 is 0 Å². The van der Waals surface area contributed by atoms with Gasteiger partial charge in [0.05, 0.1) is 0 Å². The molecular weight excluding hydrogens is 535 g/mol. The molecule has 1 unspecified atom stereocenters. The second-order valence-electron chi connectivity index (χ2n) is 6.77. The molecular formula is C20H30BrIN4S. The van der Waals surface area contributed by atoms with Crippen molar-refractivity contribution in [1.82, 2.24) is 15.1 Å². The largest absolute Gasteiger partial charge is 0.356 e. The lowest BCUT2D eigenvalue weighted by Crippen LogP contribution is -2.43. The first-order valence-corrected chi connectivity index (χ1v) is 11.3. The average Bonchev–Trinajstić information content (AvgIpc) is 3.34. The van der Waals surface area contributed by atoms with Crippen molar-refractivity contribution in [2.75, 3.05) is 45.5 Å². The van der Waals surface area contributed by atoms with Gasteiger partial charge in [-0.1, -0.05) is 24.3 Å². The van der Waals surface area contributed by atoms with E-state index >= 15 is 0 Å². The van der Waals surface area contributed by atoms with Crippen LogP contribution in [0.4, 0.5) is 0 Å². The van der Waals surface area contributed by atoms with E-state index in [1.54, 1.807) is 0 Å². The third-order valence-electron chi connectivity index (χ3n) is 4.99. The molecule has 0 aliphatic carbocycles. The Hall–Kier alpha value is -0.250. The van der Waals surface area contributed by atoms with Crippen LogP contribution in [0.2, 0.25) is 0 Å². The van der Waals surface area contributed by atoms with Gasteiger partial charge < -0.3 is 10.2 Å². The Morgan fingerprint density at radius 3 is 2.78 bits per heavy atom. The van der Waals surface area contributed by atoms with Gasteiger partial charge in [-0.3, -0.25) is 9.89 Å². The first-order valence-electron chi connectivity index (χ1n) is 9.50. The van der Waals surface area contributed by atoms with Crippen molar-refractivity contribution in [2.24, 2.45) is 4.99 Å². The molecule has 0 bridgehead atoms. The average molecular weight is 565 g/mol. The minimum atomic E-state index is 0. The maximum Gasteiger partial charge on any atom is 0.193 e. The zero-order chi connectivity index (χ0) is 18.2. The predicted molar refractivity (Wildman–Crippen MR) is 132 cm³/mol. The standard InChI is InChI=1S/C20H29BrN4S.HI/c1-22-20(25-14-10-17(16-25)24-12-5-6-13-24)23-11-4-7-15-26-19-9-3-2-8-18(19)21;/h2-3,5-6,8-9,17H,4,7,10-16H2,1H3,(H,22,23);1H. The Bertz CT molecular complexity index is 632. The topological polar surface area (TPSA) is 30.9 Å². The van der Waals surface area contributed by atoms with E-state index in [2.05, 4.69) is 72.5 Å². The smallest absolute Gasteiger partial charge is 0.193 e. The molecule has 0 aromatic heterocycles. The van der Waals surface area contributed by atoms with E-state index in [-0.39, 0.29) is 24.0 Å². The minimum Gasteiger partial charge on any atom is -0.356 e. The first-order chi connectivity index (χ1) is 12.8. The van der Waals surface area contributed by atoms with E-state index in [0.29, 0.717) is 6.04 Å². The summed E-state index contributed by atoms with van der Waals surface area (Å²) in [5, 5.41) is 3.56. The molecule has 1 atom stereocenters. The molecule has 1 saturated heterocycles. The van der Waals surface area contributed by atoms with Gasteiger partial charge >= 0.3 is 0 Å². The minimum absolute atomic E-state index is 0. The summed E-state index contributed by atoms with van der Waals surface area (Å²) in [6, 6.07) is 9.11. The van der Waals surface area contributed by atoms with E-state index in [9.17, 15) is 0 Å². The SMILES string of the molecule is CN=C(NCCCCSc1ccccc1Br)N1CCC(N2CC=CC2)C1.I. The number of likely N-dealkylation sites (tertiary alicyclic amines) is 1. The van der Waals surface area contributed by atoms with Crippen LogP contribution in [-0.4, -0.2) is 67.3 Å². The number of aliphatic imine (C=N–C) groups is 1. The van der Waals surface area contributed by atoms with Crippen LogP contribution in [0, 0.1) is 0 Å². The summed E-state index contributed by atoms with van der Waals surface area (Å²) < 4.78 is 1.19. The van der Waals surface area contributed by atoms with Crippen LogP contribution >= 0.6 is 51.7 Å². The molecule has 4 nitrogen and oxygen atoms in total. The maximum absolute atomic E-state index is 4.49. The van der Waals surface area contributed by atoms with Crippen molar-refractivity contribution in [3.63, 3.8) is 0 Å². The molecule has 150 valence electrons. The Kier molecular flexibility index (Phi) is 10.5. The van der Waals surface area contributed by atoms with Gasteiger partial charge in [-0.2, -0.15) is 0 Å². The van der Waals surface area contributed by atoms with Crippen molar-refractivity contribution in [2.45, 2.75) is 30.2 Å². The van der Waals surface area contributed by atoms with Crippen LogP contribution < -0.4 is 5.32 Å². The number of hydrogen-bond acceptors (Lipinski definition) is 3. The maximum atomic E-state index is 4.49. The number of nitrogens with zero attached hydrogens (tertiary/aromatic N) is 3. The van der Waals surface area contributed by atoms with Gasteiger partial charge in [0.2, 0.25) is 0 Å². The summed E-state index contributed by atoms with van der Waals surface area (Å²) in [5.41, 5.74) is 0. The Morgan fingerprint density at radius 1 is 1.26 bits per heavy atom. The van der Waals surface area contributed by atoms with E-state index in [0.717, 1.165) is 44.4 Å². The predicted octanol–water partition coefficient (Wildman–Crippen LogP) is 4.46. The van der Waals surface area contributed by atoms with Crippen LogP contribution in [0.1, 0.15) is 19.3 Å². The van der Waals surface area contributed by atoms with Gasteiger partial charge in [0.25, 0.3) is 0 Å². The fourth-order valence-electron chi connectivity index (χ4n) is 3.53. The van der Waals surface area contributed by atoms with Gasteiger partial charge in [0.15, 0.2) is 5.96 Å². The zero-order valence-corrected chi connectivity index (χ0v) is 20.7. The fourth-order valence-corrected chi connectivity index (χ4v) is 5.11. The highest BCUT2D eigenvalue weighted by Crippen LogP contribution is 2.27. The fraction of sp³-hybridized carbons (Fsp3) is 0.550. The number of hydrogen-bond donors (Lipinski definition) is 1. The van der Waals surface area contributed by atoms with E-state index < -0.39 is 0 Å². The van der Waals surface area contributed by atoms with Crippen molar-refractivity contribution in [3.8, 4) is 0 Å². The zero-order valence-electron chi connectivity index (χ0n) is 15.9. The molecule has 0 saturated carbocycles. The molecule has 1 fully saturated rings. The highest BCUT2D eigenvalue weighted by Gasteiger charge is 2.29. The number of unbranched alkanes of at least 4 members (excludes halogenated alkanes) is 1. The lowest BCUT2D eigenvalue weighted by Gasteiger charge is -2.25. The second-order valence-corrected chi connectivity index (χ2v) is 8.76. The molecule has 27 heavy (non-hydrogen) atoms. The molecule has 1 aromatic rings. The van der Waals surface area contributed by atoms with Gasteiger partial charge in [0, 0.05) is 55.2 Å². The molecule has 0 spiro atoms. The number of halogens is 2. The summed E-state index contributed by atoms with van der Waals surface area (Å²) in [4.78, 5) is 10.8. The van der Waals surface area contributed by atoms with Crippen molar-refractivity contribution >= 4 is 57.6 Å². The van der Waals surface area contributed by atoms with Gasteiger partial charge in [-0.15, -0.1) is 35.7 Å². The van der Waals surface area contributed by atoms with Crippen molar-refractivity contribution in [3.05, 3.63) is 40.9 Å². The molecule has 1 N–H and O–H groups in total. The lowest BCUT2D eigenvalue weighted by atomic mass is 10.2. The van der Waals surface area contributed by atoms with Crippen LogP contribution in [0.15, 0.2) is 50.8 Å². The number of guanidine groups is 1. The monoisotopic (exact) mass is 564 g/mol. The number of benzene rings is 1. The first kappa shape index (κ1) is 23.0. The summed E-state index contributed by atoms with van der Waals surface area (Å²) >= 11 is 5.54. The van der Waals surface area contributed by atoms with E-state index in [4.69, 9.17) is 0 Å². The number of rotatable bonds is 7. The lowest BCUT2D eigenvalue weighted by molar-refractivity contribution is 0.259. The highest BCUT2D eigenvalue weighted by atomic mass is 127. The molecule has 2 heterocycles. The summed E-state index contributed by atoms with van der Waals surface area (Å²) in [7, 11) is 1.90. The molecule has 1 aromatic carbocycles. The highest BCUT2D eigenvalue weighted by molar-refractivity contribution is 14.0. The Labute approximate surface area is 193 Å². The second kappa shape index (κ2) is 12.3. The van der Waals surface area contributed by atoms with Gasteiger partial charge in [-0.25, -0.2) is 0 Å².